The SMILES string of the molecule is CC1=CC(C)(C)Oc2c1c(=O)n(-c1cccc(C)c1)c(=S)n2-c1cccc(C)c1. The molecule has 0 atom stereocenters. The highest BCUT2D eigenvalue weighted by molar-refractivity contribution is 7.71. The summed E-state index contributed by atoms with van der Waals surface area (Å²) in [6.45, 7) is 9.95. The summed E-state index contributed by atoms with van der Waals surface area (Å²) < 4.78 is 10.2. The van der Waals surface area contributed by atoms with Gasteiger partial charge in [0.1, 0.15) is 11.2 Å². The molecule has 4 nitrogen and oxygen atoms in total. The van der Waals surface area contributed by atoms with Crippen molar-refractivity contribution in [3.63, 3.8) is 0 Å². The van der Waals surface area contributed by atoms with E-state index < -0.39 is 5.60 Å². The molecular formula is C24H24N2O2S. The van der Waals surface area contributed by atoms with Crippen LogP contribution in [0.4, 0.5) is 0 Å². The first kappa shape index (κ1) is 19.4. The molecule has 148 valence electrons. The molecule has 0 spiro atoms. The lowest BCUT2D eigenvalue weighted by Crippen LogP contribution is -2.36. The summed E-state index contributed by atoms with van der Waals surface area (Å²) in [4.78, 5) is 13.6. The monoisotopic (exact) mass is 404 g/mol. The third kappa shape index (κ3) is 3.36. The van der Waals surface area contributed by atoms with Gasteiger partial charge in [0.05, 0.1) is 11.4 Å². The Balaban J connectivity index is 2.17. The molecule has 5 heteroatoms. The van der Waals surface area contributed by atoms with Crippen LogP contribution < -0.4 is 10.3 Å². The zero-order valence-corrected chi connectivity index (χ0v) is 18.1. The number of aromatic nitrogens is 2. The highest BCUT2D eigenvalue weighted by atomic mass is 32.1. The van der Waals surface area contributed by atoms with Gasteiger partial charge in [-0.2, -0.15) is 0 Å². The quantitative estimate of drug-likeness (QED) is 0.526. The van der Waals surface area contributed by atoms with E-state index >= 15 is 0 Å². The Bertz CT molecular complexity index is 1280. The lowest BCUT2D eigenvalue weighted by atomic mass is 9.98. The van der Waals surface area contributed by atoms with Crippen LogP contribution in [-0.2, 0) is 0 Å². The van der Waals surface area contributed by atoms with E-state index in [1.54, 1.807) is 4.57 Å². The summed E-state index contributed by atoms with van der Waals surface area (Å²) in [5, 5.41) is 0. The van der Waals surface area contributed by atoms with Crippen molar-refractivity contribution in [1.82, 2.24) is 9.13 Å². The molecule has 0 radical (unpaired) electrons. The molecule has 2 aromatic carbocycles. The molecule has 0 amide bonds. The maximum atomic E-state index is 13.6. The Morgan fingerprint density at radius 1 is 0.897 bits per heavy atom. The van der Waals surface area contributed by atoms with Gasteiger partial charge < -0.3 is 4.74 Å². The van der Waals surface area contributed by atoms with Gasteiger partial charge in [-0.25, -0.2) is 0 Å². The molecule has 0 saturated heterocycles. The molecule has 1 aliphatic heterocycles. The fraction of sp³-hybridized carbons (Fsp3) is 0.250. The first-order chi connectivity index (χ1) is 13.7. The minimum Gasteiger partial charge on any atom is -0.468 e. The first-order valence-electron chi connectivity index (χ1n) is 9.63. The molecule has 4 rings (SSSR count). The molecule has 0 unspecified atom stereocenters. The molecule has 29 heavy (non-hydrogen) atoms. The fourth-order valence-electron chi connectivity index (χ4n) is 3.88. The van der Waals surface area contributed by atoms with E-state index in [1.165, 1.54) is 0 Å². The van der Waals surface area contributed by atoms with Gasteiger partial charge in [0.15, 0.2) is 4.77 Å². The van der Waals surface area contributed by atoms with Crippen molar-refractivity contribution < 1.29 is 4.74 Å². The van der Waals surface area contributed by atoms with E-state index in [-0.39, 0.29) is 5.56 Å². The second-order valence-electron chi connectivity index (χ2n) is 8.15. The van der Waals surface area contributed by atoms with Crippen molar-refractivity contribution in [2.24, 2.45) is 0 Å². The Kier molecular flexibility index (Phi) is 4.58. The number of nitrogens with zero attached hydrogens (tertiary/aromatic N) is 2. The van der Waals surface area contributed by atoms with E-state index in [0.717, 1.165) is 28.1 Å². The van der Waals surface area contributed by atoms with Crippen LogP contribution >= 0.6 is 12.2 Å². The van der Waals surface area contributed by atoms with Crippen molar-refractivity contribution in [2.45, 2.75) is 40.2 Å². The summed E-state index contributed by atoms with van der Waals surface area (Å²) in [6.07, 6.45) is 1.99. The first-order valence-corrected chi connectivity index (χ1v) is 10.0. The Labute approximate surface area is 175 Å². The van der Waals surface area contributed by atoms with Crippen molar-refractivity contribution in [3.05, 3.63) is 86.4 Å². The summed E-state index contributed by atoms with van der Waals surface area (Å²) in [6, 6.07) is 15.9. The number of hydrogen-bond acceptors (Lipinski definition) is 3. The molecule has 1 aliphatic rings. The average Bonchev–Trinajstić information content (AvgIpc) is 2.60. The molecule has 0 N–H and O–H groups in total. The Morgan fingerprint density at radius 2 is 1.45 bits per heavy atom. The summed E-state index contributed by atoms with van der Waals surface area (Å²) >= 11 is 5.86. The maximum absolute atomic E-state index is 13.6. The normalized spacial score (nSPS) is 14.7. The van der Waals surface area contributed by atoms with Gasteiger partial charge in [0.2, 0.25) is 5.88 Å². The fourth-order valence-corrected chi connectivity index (χ4v) is 4.26. The lowest BCUT2D eigenvalue weighted by Gasteiger charge is -2.32. The number of aryl methyl sites for hydroxylation is 2. The third-order valence-corrected chi connectivity index (χ3v) is 5.42. The molecule has 1 aromatic heterocycles. The largest absolute Gasteiger partial charge is 0.468 e. The molecule has 0 bridgehead atoms. The van der Waals surface area contributed by atoms with Gasteiger partial charge in [-0.1, -0.05) is 24.3 Å². The second-order valence-corrected chi connectivity index (χ2v) is 8.51. The van der Waals surface area contributed by atoms with Gasteiger partial charge in [-0.15, -0.1) is 0 Å². The van der Waals surface area contributed by atoms with Crippen LogP contribution in [-0.4, -0.2) is 14.7 Å². The van der Waals surface area contributed by atoms with Gasteiger partial charge in [0.25, 0.3) is 5.56 Å². The minimum atomic E-state index is -0.535. The van der Waals surface area contributed by atoms with Gasteiger partial charge in [-0.3, -0.25) is 13.9 Å². The van der Waals surface area contributed by atoms with Crippen molar-refractivity contribution in [3.8, 4) is 17.3 Å². The Morgan fingerprint density at radius 3 is 2.00 bits per heavy atom. The van der Waals surface area contributed by atoms with E-state index in [2.05, 4.69) is 0 Å². The number of hydrogen-bond donors (Lipinski definition) is 0. The number of ether oxygens (including phenoxy) is 1. The third-order valence-electron chi connectivity index (χ3n) is 5.05. The van der Waals surface area contributed by atoms with E-state index in [0.29, 0.717) is 16.2 Å². The van der Waals surface area contributed by atoms with Crippen LogP contribution in [0.15, 0.2) is 59.4 Å². The highest BCUT2D eigenvalue weighted by Gasteiger charge is 2.31. The maximum Gasteiger partial charge on any atom is 0.270 e. The molecule has 3 aromatic rings. The van der Waals surface area contributed by atoms with Crippen LogP contribution in [0.3, 0.4) is 0 Å². The zero-order valence-electron chi connectivity index (χ0n) is 17.3. The molecular weight excluding hydrogens is 380 g/mol. The van der Waals surface area contributed by atoms with Crippen LogP contribution in [0.2, 0.25) is 0 Å². The molecule has 0 fully saturated rings. The van der Waals surface area contributed by atoms with Crippen LogP contribution in [0.1, 0.15) is 37.5 Å². The van der Waals surface area contributed by atoms with E-state index in [1.807, 2.05) is 93.8 Å². The predicted molar refractivity (Wildman–Crippen MR) is 120 cm³/mol. The smallest absolute Gasteiger partial charge is 0.270 e. The van der Waals surface area contributed by atoms with Crippen LogP contribution in [0, 0.1) is 18.6 Å². The van der Waals surface area contributed by atoms with Crippen molar-refractivity contribution in [2.75, 3.05) is 0 Å². The second kappa shape index (κ2) is 6.85. The number of rotatable bonds is 2. The molecule has 0 aliphatic carbocycles. The van der Waals surface area contributed by atoms with Crippen molar-refractivity contribution >= 4 is 17.8 Å². The summed E-state index contributed by atoms with van der Waals surface area (Å²) in [7, 11) is 0. The topological polar surface area (TPSA) is 36.2 Å². The number of benzene rings is 2. The lowest BCUT2D eigenvalue weighted by molar-refractivity contribution is 0.144. The van der Waals surface area contributed by atoms with Crippen molar-refractivity contribution in [1.29, 1.82) is 0 Å². The Hall–Kier alpha value is -2.92. The molecule has 2 heterocycles. The minimum absolute atomic E-state index is 0.163. The average molecular weight is 405 g/mol. The summed E-state index contributed by atoms with van der Waals surface area (Å²) in [5.41, 5.74) is 4.53. The highest BCUT2D eigenvalue weighted by Crippen LogP contribution is 2.36. The van der Waals surface area contributed by atoms with E-state index in [9.17, 15) is 4.79 Å². The van der Waals surface area contributed by atoms with Gasteiger partial charge in [-0.05, 0) is 93.9 Å². The summed E-state index contributed by atoms with van der Waals surface area (Å²) in [5.74, 6) is 0.500. The van der Waals surface area contributed by atoms with Gasteiger partial charge >= 0.3 is 0 Å². The van der Waals surface area contributed by atoms with Crippen LogP contribution in [0.25, 0.3) is 16.9 Å². The van der Waals surface area contributed by atoms with E-state index in [4.69, 9.17) is 17.0 Å². The predicted octanol–water partition coefficient (Wildman–Crippen LogP) is 5.55. The zero-order chi connectivity index (χ0) is 20.9. The number of allylic oxidation sites excluding steroid dienone is 1. The molecule has 0 saturated carbocycles. The standard InChI is InChI=1S/C24H24N2O2S/c1-15-8-6-10-18(12-15)25-21(27)20-17(3)14-24(4,5)28-22(20)26(23(25)29)19-11-7-9-16(2)13-19/h6-14H,1-5H3. The van der Waals surface area contributed by atoms with Crippen LogP contribution in [0.5, 0.6) is 5.88 Å². The van der Waals surface area contributed by atoms with Gasteiger partial charge in [0, 0.05) is 0 Å². The number of fused-ring (bicyclic) bond motifs is 1.